The highest BCUT2D eigenvalue weighted by atomic mass is 16.5. The quantitative estimate of drug-likeness (QED) is 0.654. The van der Waals surface area contributed by atoms with Gasteiger partial charge in [-0.1, -0.05) is 5.92 Å². The van der Waals surface area contributed by atoms with E-state index in [9.17, 15) is 4.79 Å². The van der Waals surface area contributed by atoms with Crippen LogP contribution in [0, 0.1) is 25.7 Å². The second kappa shape index (κ2) is 6.51. The molecule has 1 aromatic rings. The molecule has 0 amide bonds. The molecule has 0 bridgehead atoms. The summed E-state index contributed by atoms with van der Waals surface area (Å²) in [6.07, 6.45) is 2.69. The third kappa shape index (κ3) is 3.99. The molecule has 3 heteroatoms. The Kier molecular flexibility index (Phi) is 5.01. The van der Waals surface area contributed by atoms with Gasteiger partial charge in [0.15, 0.2) is 0 Å². The zero-order valence-electron chi connectivity index (χ0n) is 10.8. The Bertz CT molecular complexity index is 507. The van der Waals surface area contributed by atoms with Gasteiger partial charge in [-0.15, -0.1) is 5.92 Å². The summed E-state index contributed by atoms with van der Waals surface area (Å²) >= 11 is 0. The van der Waals surface area contributed by atoms with Gasteiger partial charge in [0.25, 0.3) is 0 Å². The average molecular weight is 244 g/mol. The predicted molar refractivity (Wildman–Crippen MR) is 71.5 cm³/mol. The molecule has 0 spiro atoms. The number of carbonyl (C=O) groups is 1. The molecule has 0 heterocycles. The maximum absolute atomic E-state index is 10.5. The Hall–Kier alpha value is -2.21. The lowest BCUT2D eigenvalue weighted by molar-refractivity contribution is -0.131. The smallest absolute Gasteiger partial charge is 0.328 e. The lowest BCUT2D eigenvalue weighted by Crippen LogP contribution is -1.99. The maximum atomic E-state index is 10.5. The van der Waals surface area contributed by atoms with Crippen LogP contribution in [0.1, 0.15) is 23.6 Å². The Morgan fingerprint density at radius 3 is 2.50 bits per heavy atom. The number of carboxylic acids is 1. The van der Waals surface area contributed by atoms with Gasteiger partial charge in [-0.3, -0.25) is 0 Å². The summed E-state index contributed by atoms with van der Waals surface area (Å²) in [5, 5.41) is 8.58. The van der Waals surface area contributed by atoms with E-state index in [1.807, 2.05) is 26.0 Å². The van der Waals surface area contributed by atoms with Crippen LogP contribution in [0.3, 0.4) is 0 Å². The van der Waals surface area contributed by atoms with E-state index in [-0.39, 0.29) is 0 Å². The normalized spacial score (nSPS) is 9.94. The van der Waals surface area contributed by atoms with E-state index in [2.05, 4.69) is 11.8 Å². The first-order valence-electron chi connectivity index (χ1n) is 5.59. The molecule has 0 unspecified atom stereocenters. The summed E-state index contributed by atoms with van der Waals surface area (Å²) in [4.78, 5) is 10.5. The molecule has 0 atom stereocenters. The van der Waals surface area contributed by atoms with Gasteiger partial charge in [-0.2, -0.15) is 0 Å². The summed E-state index contributed by atoms with van der Waals surface area (Å²) in [6.45, 7) is 5.99. The monoisotopic (exact) mass is 244 g/mol. The van der Waals surface area contributed by atoms with Gasteiger partial charge in [0.1, 0.15) is 12.4 Å². The number of carboxylic acid groups (broad SMARTS) is 1. The highest BCUT2D eigenvalue weighted by Gasteiger charge is 2.05. The number of hydrogen-bond donors (Lipinski definition) is 1. The van der Waals surface area contributed by atoms with Crippen molar-refractivity contribution in [3.05, 3.63) is 34.9 Å². The minimum absolute atomic E-state index is 0.364. The van der Waals surface area contributed by atoms with E-state index in [1.165, 1.54) is 0 Å². The van der Waals surface area contributed by atoms with E-state index in [1.54, 1.807) is 13.0 Å². The van der Waals surface area contributed by atoms with Crippen LogP contribution in [-0.4, -0.2) is 17.7 Å². The third-order valence-corrected chi connectivity index (χ3v) is 2.37. The van der Waals surface area contributed by atoms with Crippen molar-refractivity contribution >= 4 is 12.0 Å². The molecule has 0 saturated carbocycles. The number of aliphatic carboxylic acids is 1. The second-order valence-corrected chi connectivity index (χ2v) is 3.87. The molecule has 1 rings (SSSR count). The molecule has 0 aromatic heterocycles. The van der Waals surface area contributed by atoms with Crippen LogP contribution >= 0.6 is 0 Å². The molecule has 0 fully saturated rings. The van der Waals surface area contributed by atoms with Crippen LogP contribution in [-0.2, 0) is 4.79 Å². The van der Waals surface area contributed by atoms with Crippen LogP contribution in [0.5, 0.6) is 5.75 Å². The number of rotatable bonds is 4. The summed E-state index contributed by atoms with van der Waals surface area (Å²) in [6, 6.07) is 3.78. The molecule has 1 aromatic carbocycles. The van der Waals surface area contributed by atoms with E-state index >= 15 is 0 Å². The van der Waals surface area contributed by atoms with Crippen molar-refractivity contribution in [3.8, 4) is 17.6 Å². The second-order valence-electron chi connectivity index (χ2n) is 3.87. The summed E-state index contributed by atoms with van der Waals surface area (Å²) in [5.41, 5.74) is 2.79. The number of benzene rings is 1. The lowest BCUT2D eigenvalue weighted by atomic mass is 10.1. The lowest BCUT2D eigenvalue weighted by Gasteiger charge is -2.11. The Labute approximate surface area is 107 Å². The zero-order valence-corrected chi connectivity index (χ0v) is 10.8. The van der Waals surface area contributed by atoms with Crippen molar-refractivity contribution in [2.45, 2.75) is 20.8 Å². The van der Waals surface area contributed by atoms with Crippen LogP contribution < -0.4 is 4.74 Å². The standard InChI is InChI=1S/C15H16O3/c1-4-5-8-18-15-11(2)9-13(10-12(15)3)6-7-14(16)17/h6-7,9-10H,8H2,1-3H3,(H,16,17). The van der Waals surface area contributed by atoms with Gasteiger partial charge in [0.2, 0.25) is 0 Å². The molecule has 3 nitrogen and oxygen atoms in total. The van der Waals surface area contributed by atoms with Crippen LogP contribution in [0.4, 0.5) is 0 Å². The molecule has 0 aliphatic carbocycles. The number of aryl methyl sites for hydroxylation is 2. The minimum atomic E-state index is -0.955. The van der Waals surface area contributed by atoms with E-state index < -0.39 is 5.97 Å². The van der Waals surface area contributed by atoms with Crippen molar-refractivity contribution in [1.29, 1.82) is 0 Å². The largest absolute Gasteiger partial charge is 0.480 e. The SMILES string of the molecule is CC#CCOc1c(C)cc(C=CC(=O)O)cc1C. The van der Waals surface area contributed by atoms with E-state index in [4.69, 9.17) is 9.84 Å². The highest BCUT2D eigenvalue weighted by Crippen LogP contribution is 2.25. The van der Waals surface area contributed by atoms with Gasteiger partial charge >= 0.3 is 5.97 Å². The van der Waals surface area contributed by atoms with E-state index in [0.717, 1.165) is 28.5 Å². The number of ether oxygens (including phenoxy) is 1. The topological polar surface area (TPSA) is 46.5 Å². The molecule has 0 radical (unpaired) electrons. The van der Waals surface area contributed by atoms with Crippen molar-refractivity contribution in [2.75, 3.05) is 6.61 Å². The van der Waals surface area contributed by atoms with Gasteiger partial charge < -0.3 is 9.84 Å². The molecule has 0 aliphatic rings. The molecule has 94 valence electrons. The Morgan fingerprint density at radius 2 is 2.00 bits per heavy atom. The Balaban J connectivity index is 2.95. The van der Waals surface area contributed by atoms with Gasteiger partial charge in [-0.25, -0.2) is 4.79 Å². The average Bonchev–Trinajstić information content (AvgIpc) is 2.30. The van der Waals surface area contributed by atoms with Crippen LogP contribution in [0.2, 0.25) is 0 Å². The fourth-order valence-corrected chi connectivity index (χ4v) is 1.66. The molecular weight excluding hydrogens is 228 g/mol. The van der Waals surface area contributed by atoms with Gasteiger partial charge in [0.05, 0.1) is 0 Å². The molecule has 18 heavy (non-hydrogen) atoms. The zero-order chi connectivity index (χ0) is 13.5. The van der Waals surface area contributed by atoms with Crippen molar-refractivity contribution in [3.63, 3.8) is 0 Å². The fraction of sp³-hybridized carbons (Fsp3) is 0.267. The summed E-state index contributed by atoms with van der Waals surface area (Å²) in [5.74, 6) is 5.47. The van der Waals surface area contributed by atoms with Gasteiger partial charge in [0, 0.05) is 6.08 Å². The Morgan fingerprint density at radius 1 is 1.39 bits per heavy atom. The predicted octanol–water partition coefficient (Wildman–Crippen LogP) is 2.80. The van der Waals surface area contributed by atoms with Crippen LogP contribution in [0.15, 0.2) is 18.2 Å². The number of hydrogen-bond acceptors (Lipinski definition) is 2. The van der Waals surface area contributed by atoms with Crippen LogP contribution in [0.25, 0.3) is 6.08 Å². The summed E-state index contributed by atoms with van der Waals surface area (Å²) < 4.78 is 5.57. The highest BCUT2D eigenvalue weighted by molar-refractivity contribution is 5.85. The first-order chi connectivity index (χ1) is 8.54. The van der Waals surface area contributed by atoms with Crippen molar-refractivity contribution in [2.24, 2.45) is 0 Å². The van der Waals surface area contributed by atoms with Crippen molar-refractivity contribution < 1.29 is 14.6 Å². The fourth-order valence-electron chi connectivity index (χ4n) is 1.66. The minimum Gasteiger partial charge on any atom is -0.480 e. The maximum Gasteiger partial charge on any atom is 0.328 e. The van der Waals surface area contributed by atoms with Crippen molar-refractivity contribution in [1.82, 2.24) is 0 Å². The van der Waals surface area contributed by atoms with E-state index in [0.29, 0.717) is 6.61 Å². The molecule has 0 aliphatic heterocycles. The molecular formula is C15H16O3. The molecule has 0 saturated heterocycles. The summed E-state index contributed by atoms with van der Waals surface area (Å²) in [7, 11) is 0. The molecule has 1 N–H and O–H groups in total. The first-order valence-corrected chi connectivity index (χ1v) is 5.59. The third-order valence-electron chi connectivity index (χ3n) is 2.37. The first kappa shape index (κ1) is 13.9. The van der Waals surface area contributed by atoms with Gasteiger partial charge in [-0.05, 0) is 55.7 Å².